The van der Waals surface area contributed by atoms with Crippen molar-refractivity contribution in [3.8, 4) is 0 Å². The summed E-state index contributed by atoms with van der Waals surface area (Å²) < 4.78 is 8.27. The van der Waals surface area contributed by atoms with Crippen molar-refractivity contribution in [3.63, 3.8) is 0 Å². The first kappa shape index (κ1) is 7.06. The summed E-state index contributed by atoms with van der Waals surface area (Å²) in [6.07, 6.45) is 0. The van der Waals surface area contributed by atoms with Crippen LogP contribution in [0.1, 0.15) is 5.56 Å². The van der Waals surface area contributed by atoms with Gasteiger partial charge in [-0.2, -0.15) is 9.12 Å². The molecule has 0 N–H and O–H groups in total. The minimum atomic E-state index is 0.834. The summed E-state index contributed by atoms with van der Waals surface area (Å²) in [5.74, 6) is 0.834. The summed E-state index contributed by atoms with van der Waals surface area (Å²) in [7, 11) is 2.83. The van der Waals surface area contributed by atoms with Crippen molar-refractivity contribution in [2.24, 2.45) is 4.40 Å². The zero-order valence-corrected chi connectivity index (χ0v) is 7.23. The van der Waals surface area contributed by atoms with Crippen molar-refractivity contribution in [3.05, 3.63) is 35.9 Å². The molecule has 0 fully saturated rings. The third-order valence-electron chi connectivity index (χ3n) is 1.31. The van der Waals surface area contributed by atoms with Crippen LogP contribution in [-0.4, -0.2) is 5.84 Å². The zero-order chi connectivity index (χ0) is 7.52. The van der Waals surface area contributed by atoms with Crippen molar-refractivity contribution in [1.82, 2.24) is 4.72 Å². The first-order valence-corrected chi connectivity index (χ1v) is 5.20. The molecule has 2 nitrogen and oxygen atoms in total. The first-order chi connectivity index (χ1) is 5.47. The maximum atomic E-state index is 4.14. The summed E-state index contributed by atoms with van der Waals surface area (Å²) >= 11 is 0. The highest BCUT2D eigenvalue weighted by molar-refractivity contribution is 8.76. The number of hydrogen-bond donors (Lipinski definition) is 0. The smallest absolute Gasteiger partial charge is 0.177 e. The lowest BCUT2D eigenvalue weighted by Gasteiger charge is -1.94. The maximum Gasteiger partial charge on any atom is 0.177 e. The van der Waals surface area contributed by atoms with Gasteiger partial charge in [0.2, 0.25) is 0 Å². The molecule has 0 aliphatic carbocycles. The van der Waals surface area contributed by atoms with E-state index >= 15 is 0 Å². The quantitative estimate of drug-likeness (QED) is 0.490. The van der Waals surface area contributed by atoms with E-state index in [-0.39, 0.29) is 0 Å². The third-order valence-corrected chi connectivity index (χ3v) is 2.52. The van der Waals surface area contributed by atoms with Crippen molar-refractivity contribution in [2.75, 3.05) is 0 Å². The van der Waals surface area contributed by atoms with Crippen LogP contribution >= 0.6 is 22.0 Å². The van der Waals surface area contributed by atoms with E-state index in [0.717, 1.165) is 11.4 Å². The molecule has 1 heterocycles. The normalized spacial score (nSPS) is 15.8. The van der Waals surface area contributed by atoms with E-state index in [1.807, 2.05) is 30.3 Å². The lowest BCUT2D eigenvalue weighted by Crippen LogP contribution is -2.04. The minimum Gasteiger partial charge on any atom is -0.182 e. The van der Waals surface area contributed by atoms with Crippen molar-refractivity contribution < 1.29 is 0 Å². The molecule has 0 saturated heterocycles. The molecule has 1 aliphatic rings. The third kappa shape index (κ3) is 1.52. The van der Waals surface area contributed by atoms with Crippen LogP contribution in [0.25, 0.3) is 0 Å². The van der Waals surface area contributed by atoms with Crippen LogP contribution in [-0.2, 0) is 0 Å². The van der Waals surface area contributed by atoms with Gasteiger partial charge in [-0.25, -0.2) is 0 Å². The van der Waals surface area contributed by atoms with E-state index < -0.39 is 0 Å². The molecule has 0 amide bonds. The van der Waals surface area contributed by atoms with Gasteiger partial charge in [-0.05, 0) is 0 Å². The van der Waals surface area contributed by atoms with Crippen LogP contribution < -0.4 is 4.72 Å². The van der Waals surface area contributed by atoms with Gasteiger partial charge in [-0.3, -0.25) is 0 Å². The van der Waals surface area contributed by atoms with Gasteiger partial charge >= 0.3 is 0 Å². The van der Waals surface area contributed by atoms with Gasteiger partial charge in [0, 0.05) is 5.56 Å². The summed E-state index contributed by atoms with van der Waals surface area (Å²) in [6, 6.07) is 9.98. The average Bonchev–Trinajstić information content (AvgIpc) is 2.58. The highest BCUT2D eigenvalue weighted by Crippen LogP contribution is 2.28. The molecule has 1 aromatic carbocycles. The fourth-order valence-corrected chi connectivity index (χ4v) is 1.99. The Balaban J connectivity index is 2.29. The van der Waals surface area contributed by atoms with Gasteiger partial charge in [-0.1, -0.05) is 30.3 Å². The van der Waals surface area contributed by atoms with Gasteiger partial charge in [0.05, 0.1) is 22.0 Å². The van der Waals surface area contributed by atoms with Gasteiger partial charge in [0.15, 0.2) is 5.84 Å². The first-order valence-electron chi connectivity index (χ1n) is 3.14. The summed E-state index contributed by atoms with van der Waals surface area (Å²) in [6.45, 7) is 0. The molecule has 11 heavy (non-hydrogen) atoms. The Morgan fingerprint density at radius 2 is 1.82 bits per heavy atom. The molecule has 0 saturated carbocycles. The van der Waals surface area contributed by atoms with E-state index in [9.17, 15) is 0 Å². The Morgan fingerprint density at radius 1 is 1.00 bits per heavy atom. The molecular formula is C7H5N2S2. The molecular weight excluding hydrogens is 176 g/mol. The molecule has 1 aromatic rings. The molecule has 2 rings (SSSR count). The number of hydrogen-bond acceptors (Lipinski definition) is 3. The standard InChI is InChI=1S/C7H5N2S2/c1-2-4-6(5-3-1)7-8-10-11-9-7/h1-5H. The van der Waals surface area contributed by atoms with E-state index in [4.69, 9.17) is 0 Å². The summed E-state index contributed by atoms with van der Waals surface area (Å²) in [5.41, 5.74) is 1.09. The van der Waals surface area contributed by atoms with Gasteiger partial charge in [-0.15, -0.1) is 0 Å². The lowest BCUT2D eigenvalue weighted by atomic mass is 10.2. The topological polar surface area (TPSA) is 26.5 Å². The molecule has 1 aliphatic heterocycles. The van der Waals surface area contributed by atoms with Crippen LogP contribution in [0, 0.1) is 0 Å². The number of benzene rings is 1. The van der Waals surface area contributed by atoms with Crippen LogP contribution in [0.4, 0.5) is 0 Å². The fourth-order valence-electron chi connectivity index (χ4n) is 0.813. The number of rotatable bonds is 1. The average molecular weight is 181 g/mol. The maximum absolute atomic E-state index is 4.14. The predicted molar refractivity (Wildman–Crippen MR) is 50.3 cm³/mol. The monoisotopic (exact) mass is 181 g/mol. The number of amidine groups is 1. The minimum absolute atomic E-state index is 0.834. The lowest BCUT2D eigenvalue weighted by molar-refractivity contribution is 1.47. The second-order valence-electron chi connectivity index (χ2n) is 2.02. The SMILES string of the molecule is c1ccc(C2=NSS[N]2)cc1. The Kier molecular flexibility index (Phi) is 2.05. The molecule has 0 bridgehead atoms. The Hall–Kier alpha value is -0.610. The van der Waals surface area contributed by atoms with Gasteiger partial charge < -0.3 is 0 Å². The van der Waals surface area contributed by atoms with E-state index in [0.29, 0.717) is 0 Å². The highest BCUT2D eigenvalue weighted by atomic mass is 33.1. The number of nitrogens with zero attached hydrogens (tertiary/aromatic N) is 2. The Morgan fingerprint density at radius 3 is 2.45 bits per heavy atom. The van der Waals surface area contributed by atoms with E-state index in [2.05, 4.69) is 9.12 Å². The van der Waals surface area contributed by atoms with Crippen LogP contribution in [0.5, 0.6) is 0 Å². The second kappa shape index (κ2) is 3.19. The van der Waals surface area contributed by atoms with Crippen molar-refractivity contribution in [2.45, 2.75) is 0 Å². The molecule has 1 radical (unpaired) electrons. The predicted octanol–water partition coefficient (Wildman–Crippen LogP) is 2.26. The Bertz CT molecular complexity index is 271. The largest absolute Gasteiger partial charge is 0.182 e. The van der Waals surface area contributed by atoms with Crippen molar-refractivity contribution in [1.29, 1.82) is 0 Å². The Labute approximate surface area is 73.2 Å². The molecule has 4 heteroatoms. The van der Waals surface area contributed by atoms with Gasteiger partial charge in [0.25, 0.3) is 0 Å². The van der Waals surface area contributed by atoms with Crippen LogP contribution in [0.3, 0.4) is 0 Å². The van der Waals surface area contributed by atoms with E-state index in [1.54, 1.807) is 0 Å². The molecule has 0 aromatic heterocycles. The van der Waals surface area contributed by atoms with Crippen LogP contribution in [0.2, 0.25) is 0 Å². The highest BCUT2D eigenvalue weighted by Gasteiger charge is 2.10. The van der Waals surface area contributed by atoms with E-state index in [1.165, 1.54) is 22.0 Å². The van der Waals surface area contributed by atoms with Gasteiger partial charge in [0.1, 0.15) is 0 Å². The summed E-state index contributed by atoms with van der Waals surface area (Å²) in [5, 5.41) is 0. The fraction of sp³-hybridized carbons (Fsp3) is 0. The zero-order valence-electron chi connectivity index (χ0n) is 5.60. The summed E-state index contributed by atoms with van der Waals surface area (Å²) in [4.78, 5) is 0. The van der Waals surface area contributed by atoms with Crippen LogP contribution in [0.15, 0.2) is 34.7 Å². The second-order valence-corrected chi connectivity index (χ2v) is 3.58. The molecule has 0 unspecified atom stereocenters. The molecule has 0 spiro atoms. The molecule has 0 atom stereocenters. The molecule has 55 valence electrons. The van der Waals surface area contributed by atoms with Crippen molar-refractivity contribution >= 4 is 27.8 Å².